The number of carbonyl (C=O) groups is 1. The molecule has 0 N–H and O–H groups in total. The summed E-state index contributed by atoms with van der Waals surface area (Å²) in [5, 5.41) is 0. The number of methoxy groups -OCH3 is 1. The Balaban J connectivity index is 2.18. The maximum absolute atomic E-state index is 12.1. The van der Waals surface area contributed by atoms with Gasteiger partial charge in [-0.3, -0.25) is 9.78 Å². The van der Waals surface area contributed by atoms with Crippen molar-refractivity contribution in [2.24, 2.45) is 0 Å². The number of pyridine rings is 1. The van der Waals surface area contributed by atoms with E-state index in [1.807, 2.05) is 0 Å². The normalized spacial score (nSPS) is 11.1. The number of ether oxygens (including phenoxy) is 2. The number of halogens is 3. The van der Waals surface area contributed by atoms with Crippen molar-refractivity contribution in [1.82, 2.24) is 4.98 Å². The van der Waals surface area contributed by atoms with E-state index in [0.717, 1.165) is 0 Å². The van der Waals surface area contributed by atoms with Crippen LogP contribution in [0.15, 0.2) is 42.6 Å². The van der Waals surface area contributed by atoms with E-state index in [2.05, 4.69) is 14.5 Å². The van der Waals surface area contributed by atoms with Gasteiger partial charge in [-0.25, -0.2) is 0 Å². The van der Waals surface area contributed by atoms with Gasteiger partial charge in [0.05, 0.1) is 19.2 Å². The van der Waals surface area contributed by atoms with E-state index in [1.54, 1.807) is 12.1 Å². The predicted molar refractivity (Wildman–Crippen MR) is 72.1 cm³/mol. The zero-order valence-electron chi connectivity index (χ0n) is 11.6. The second kappa shape index (κ2) is 6.46. The molecule has 0 saturated heterocycles. The van der Waals surface area contributed by atoms with Crippen molar-refractivity contribution in [2.75, 3.05) is 7.11 Å². The average Bonchev–Trinajstić information content (AvgIpc) is 2.46. The standard InChI is InChI=1S/C15H12F3NO3/c1-21-14(20)9-10-6-7-19-13(8-10)11-2-4-12(5-3-11)22-15(16,17)18/h2-8H,9H2,1H3. The van der Waals surface area contributed by atoms with Crippen LogP contribution in [0.3, 0.4) is 0 Å². The van der Waals surface area contributed by atoms with E-state index < -0.39 is 6.36 Å². The third-order valence-electron chi connectivity index (χ3n) is 2.78. The molecule has 116 valence electrons. The van der Waals surface area contributed by atoms with Gasteiger partial charge in [-0.05, 0) is 42.0 Å². The molecule has 1 aromatic heterocycles. The first-order valence-electron chi connectivity index (χ1n) is 6.25. The minimum Gasteiger partial charge on any atom is -0.469 e. The SMILES string of the molecule is COC(=O)Cc1ccnc(-c2ccc(OC(F)(F)F)cc2)c1. The van der Waals surface area contributed by atoms with Crippen LogP contribution in [0.2, 0.25) is 0 Å². The van der Waals surface area contributed by atoms with E-state index in [4.69, 9.17) is 0 Å². The Kier molecular flexibility index (Phi) is 4.65. The molecule has 0 spiro atoms. The summed E-state index contributed by atoms with van der Waals surface area (Å²) in [5.74, 6) is -0.687. The lowest BCUT2D eigenvalue weighted by atomic mass is 10.1. The number of hydrogen-bond acceptors (Lipinski definition) is 4. The smallest absolute Gasteiger partial charge is 0.469 e. The van der Waals surface area contributed by atoms with Crippen LogP contribution in [0, 0.1) is 0 Å². The van der Waals surface area contributed by atoms with Gasteiger partial charge in [0.1, 0.15) is 5.75 Å². The highest BCUT2D eigenvalue weighted by Gasteiger charge is 2.30. The molecule has 2 rings (SSSR count). The first kappa shape index (κ1) is 15.8. The second-order valence-electron chi connectivity index (χ2n) is 4.37. The minimum atomic E-state index is -4.72. The molecule has 0 unspecified atom stereocenters. The number of carbonyl (C=O) groups excluding carboxylic acids is 1. The Bertz CT molecular complexity index is 654. The van der Waals surface area contributed by atoms with E-state index in [1.165, 1.54) is 37.6 Å². The summed E-state index contributed by atoms with van der Waals surface area (Å²) >= 11 is 0. The molecule has 0 aliphatic carbocycles. The Labute approximate surface area is 124 Å². The molecule has 7 heteroatoms. The van der Waals surface area contributed by atoms with Gasteiger partial charge in [0.25, 0.3) is 0 Å². The predicted octanol–water partition coefficient (Wildman–Crippen LogP) is 3.36. The summed E-state index contributed by atoms with van der Waals surface area (Å²) in [6.45, 7) is 0. The number of benzene rings is 1. The number of hydrogen-bond donors (Lipinski definition) is 0. The summed E-state index contributed by atoms with van der Waals surface area (Å²) in [4.78, 5) is 15.4. The van der Waals surface area contributed by atoms with Crippen LogP contribution in [-0.4, -0.2) is 24.4 Å². The van der Waals surface area contributed by atoms with Crippen molar-refractivity contribution in [3.63, 3.8) is 0 Å². The van der Waals surface area contributed by atoms with Crippen LogP contribution < -0.4 is 4.74 Å². The molecule has 0 bridgehead atoms. The van der Waals surface area contributed by atoms with E-state index in [9.17, 15) is 18.0 Å². The number of esters is 1. The Hall–Kier alpha value is -2.57. The zero-order valence-corrected chi connectivity index (χ0v) is 11.6. The molecule has 4 nitrogen and oxygen atoms in total. The van der Waals surface area contributed by atoms with E-state index >= 15 is 0 Å². The second-order valence-corrected chi connectivity index (χ2v) is 4.37. The molecule has 0 saturated carbocycles. The Morgan fingerprint density at radius 2 is 1.86 bits per heavy atom. The Morgan fingerprint density at radius 1 is 1.18 bits per heavy atom. The van der Waals surface area contributed by atoms with Crippen molar-refractivity contribution in [3.05, 3.63) is 48.2 Å². The third-order valence-corrected chi connectivity index (χ3v) is 2.78. The van der Waals surface area contributed by atoms with Gasteiger partial charge in [-0.1, -0.05) is 0 Å². The van der Waals surface area contributed by atoms with Crippen LogP contribution in [0.4, 0.5) is 13.2 Å². The molecule has 0 atom stereocenters. The third kappa shape index (κ3) is 4.47. The average molecular weight is 311 g/mol. The summed E-state index contributed by atoms with van der Waals surface area (Å²) in [5.41, 5.74) is 1.86. The molecule has 0 radical (unpaired) electrons. The van der Waals surface area contributed by atoms with Gasteiger partial charge in [0.15, 0.2) is 0 Å². The first-order chi connectivity index (χ1) is 10.4. The van der Waals surface area contributed by atoms with Crippen LogP contribution in [0.5, 0.6) is 5.75 Å². The van der Waals surface area contributed by atoms with Crippen LogP contribution >= 0.6 is 0 Å². The van der Waals surface area contributed by atoms with Crippen LogP contribution in [-0.2, 0) is 16.0 Å². The molecule has 0 aliphatic heterocycles. The van der Waals surface area contributed by atoms with Gasteiger partial charge in [0.2, 0.25) is 0 Å². The molecule has 0 aliphatic rings. The van der Waals surface area contributed by atoms with Crippen molar-refractivity contribution in [2.45, 2.75) is 12.8 Å². The lowest BCUT2D eigenvalue weighted by Gasteiger charge is -2.09. The topological polar surface area (TPSA) is 48.4 Å². The summed E-state index contributed by atoms with van der Waals surface area (Å²) in [6.07, 6.45) is -3.10. The quantitative estimate of drug-likeness (QED) is 0.812. The monoisotopic (exact) mass is 311 g/mol. The fourth-order valence-electron chi connectivity index (χ4n) is 1.81. The van der Waals surface area contributed by atoms with Crippen molar-refractivity contribution < 1.29 is 27.4 Å². The van der Waals surface area contributed by atoms with Gasteiger partial charge >= 0.3 is 12.3 Å². The molecule has 0 amide bonds. The fraction of sp³-hybridized carbons (Fsp3) is 0.200. The van der Waals surface area contributed by atoms with Gasteiger partial charge in [0, 0.05) is 11.8 Å². The maximum atomic E-state index is 12.1. The van der Waals surface area contributed by atoms with Crippen LogP contribution in [0.1, 0.15) is 5.56 Å². The number of alkyl halides is 3. The number of rotatable bonds is 4. The van der Waals surface area contributed by atoms with Crippen molar-refractivity contribution in [1.29, 1.82) is 0 Å². The van der Waals surface area contributed by atoms with Gasteiger partial charge < -0.3 is 9.47 Å². The van der Waals surface area contributed by atoms with Crippen LogP contribution in [0.25, 0.3) is 11.3 Å². The minimum absolute atomic E-state index is 0.0985. The zero-order chi connectivity index (χ0) is 16.2. The van der Waals surface area contributed by atoms with Crippen molar-refractivity contribution in [3.8, 4) is 17.0 Å². The van der Waals surface area contributed by atoms with Gasteiger partial charge in [-0.2, -0.15) is 0 Å². The number of nitrogens with zero attached hydrogens (tertiary/aromatic N) is 1. The molecule has 1 heterocycles. The summed E-state index contributed by atoms with van der Waals surface area (Å²) < 4.78 is 44.7. The summed E-state index contributed by atoms with van der Waals surface area (Å²) in [7, 11) is 1.30. The first-order valence-corrected chi connectivity index (χ1v) is 6.25. The largest absolute Gasteiger partial charge is 0.573 e. The highest BCUT2D eigenvalue weighted by atomic mass is 19.4. The highest BCUT2D eigenvalue weighted by molar-refractivity contribution is 5.73. The molecule has 1 aromatic carbocycles. The Morgan fingerprint density at radius 3 is 2.45 bits per heavy atom. The fourth-order valence-corrected chi connectivity index (χ4v) is 1.81. The lowest BCUT2D eigenvalue weighted by Crippen LogP contribution is -2.16. The van der Waals surface area contributed by atoms with E-state index in [0.29, 0.717) is 16.8 Å². The lowest BCUT2D eigenvalue weighted by molar-refractivity contribution is -0.274. The molecular formula is C15H12F3NO3. The number of aromatic nitrogens is 1. The van der Waals surface area contributed by atoms with Gasteiger partial charge in [-0.15, -0.1) is 13.2 Å². The molecule has 22 heavy (non-hydrogen) atoms. The van der Waals surface area contributed by atoms with E-state index in [-0.39, 0.29) is 18.1 Å². The highest BCUT2D eigenvalue weighted by Crippen LogP contribution is 2.26. The van der Waals surface area contributed by atoms with Crippen molar-refractivity contribution >= 4 is 5.97 Å². The molecule has 2 aromatic rings. The molecule has 0 fully saturated rings. The molecular weight excluding hydrogens is 299 g/mol. The summed E-state index contributed by atoms with van der Waals surface area (Å²) in [6, 6.07) is 8.68. The maximum Gasteiger partial charge on any atom is 0.573 e.